The van der Waals surface area contributed by atoms with Crippen LogP contribution in [0.25, 0.3) is 0 Å². The number of nitrogens with one attached hydrogen (secondary N) is 1. The molecule has 3 atom stereocenters. The largest absolute Gasteiger partial charge is 0.458 e. The molecule has 43 heavy (non-hydrogen) atoms. The molecule has 0 amide bonds. The Labute approximate surface area is 252 Å². The third kappa shape index (κ3) is 6.40. The number of nitrogens with zero attached hydrogens (tertiary/aromatic N) is 5. The van der Waals surface area contributed by atoms with E-state index in [1.54, 1.807) is 31.3 Å². The van der Waals surface area contributed by atoms with Gasteiger partial charge in [-0.25, -0.2) is 18.1 Å². The number of halogens is 2. The maximum Gasteiger partial charge on any atom is 0.318 e. The second kappa shape index (κ2) is 12.4. The van der Waals surface area contributed by atoms with Crippen molar-refractivity contribution in [3.63, 3.8) is 0 Å². The van der Waals surface area contributed by atoms with E-state index < -0.39 is 17.5 Å². The van der Waals surface area contributed by atoms with Crippen molar-refractivity contribution in [2.45, 2.75) is 43.9 Å². The molecule has 1 aromatic carbocycles. The molecule has 9 nitrogen and oxygen atoms in total. The van der Waals surface area contributed by atoms with E-state index in [1.807, 2.05) is 23.1 Å². The zero-order valence-electron chi connectivity index (χ0n) is 23.7. The summed E-state index contributed by atoms with van der Waals surface area (Å²) in [4.78, 5) is 26.1. The van der Waals surface area contributed by atoms with Crippen molar-refractivity contribution in [3.05, 3.63) is 77.6 Å². The van der Waals surface area contributed by atoms with Crippen molar-refractivity contribution < 1.29 is 22.8 Å². The highest BCUT2D eigenvalue weighted by Gasteiger charge is 2.51. The first-order chi connectivity index (χ1) is 20.8. The summed E-state index contributed by atoms with van der Waals surface area (Å²) in [6, 6.07) is 11.5. The van der Waals surface area contributed by atoms with Crippen molar-refractivity contribution in [1.29, 1.82) is 5.41 Å². The smallest absolute Gasteiger partial charge is 0.318 e. The summed E-state index contributed by atoms with van der Waals surface area (Å²) < 4.78 is 40.2. The predicted octanol–water partition coefficient (Wildman–Crippen LogP) is 5.88. The number of aryl methyl sites for hydroxylation is 1. The number of alkyl halides is 1. The van der Waals surface area contributed by atoms with Crippen LogP contribution < -0.4 is 4.90 Å². The average Bonchev–Trinajstić information content (AvgIpc) is 3.64. The van der Waals surface area contributed by atoms with Crippen LogP contribution in [-0.4, -0.2) is 64.7 Å². The molecule has 3 aromatic rings. The molecular weight excluding hydrogens is 574 g/mol. The van der Waals surface area contributed by atoms with Gasteiger partial charge in [-0.05, 0) is 86.2 Å². The number of carbonyl (C=O) groups is 1. The molecule has 1 aliphatic carbocycles. The summed E-state index contributed by atoms with van der Waals surface area (Å²) in [5.74, 6) is 0.201. The molecule has 3 unspecified atom stereocenters. The molecule has 0 spiro atoms. The van der Waals surface area contributed by atoms with Gasteiger partial charge in [-0.1, -0.05) is 5.16 Å². The van der Waals surface area contributed by atoms with Crippen LogP contribution in [0.1, 0.15) is 30.7 Å². The van der Waals surface area contributed by atoms with Gasteiger partial charge in [0.15, 0.2) is 0 Å². The summed E-state index contributed by atoms with van der Waals surface area (Å²) in [5.41, 5.74) is 1.65. The van der Waals surface area contributed by atoms with Crippen LogP contribution in [0.4, 0.5) is 20.3 Å². The minimum Gasteiger partial charge on any atom is -0.458 e. The summed E-state index contributed by atoms with van der Waals surface area (Å²) in [7, 11) is 0. The zero-order valence-corrected chi connectivity index (χ0v) is 24.5. The van der Waals surface area contributed by atoms with E-state index in [-0.39, 0.29) is 18.4 Å². The number of allylic oxidation sites excluding steroid dienone is 1. The molecule has 3 aliphatic rings. The Balaban J connectivity index is 1.26. The third-order valence-electron chi connectivity index (χ3n) is 8.08. The van der Waals surface area contributed by atoms with Gasteiger partial charge in [-0.2, -0.15) is 0 Å². The first-order valence-corrected chi connectivity index (χ1v) is 15.0. The van der Waals surface area contributed by atoms with Crippen molar-refractivity contribution >= 4 is 41.3 Å². The van der Waals surface area contributed by atoms with E-state index in [0.29, 0.717) is 68.3 Å². The van der Waals surface area contributed by atoms with Crippen molar-refractivity contribution in [1.82, 2.24) is 14.4 Å². The molecule has 2 aromatic heterocycles. The number of ether oxygens (including phenoxy) is 1. The fraction of sp³-hybridized carbons (Fsp3) is 0.387. The number of hydrogen-bond acceptors (Lipinski definition) is 10. The first kappa shape index (κ1) is 29.2. The number of pyridine rings is 1. The second-order valence-corrected chi connectivity index (χ2v) is 12.3. The quantitative estimate of drug-likeness (QED) is 0.193. The van der Waals surface area contributed by atoms with Crippen LogP contribution in [0.3, 0.4) is 0 Å². The molecule has 0 bridgehead atoms. The molecule has 0 saturated carbocycles. The minimum atomic E-state index is -1.01. The summed E-state index contributed by atoms with van der Waals surface area (Å²) in [6.07, 6.45) is 5.60. The number of benzene rings is 1. The van der Waals surface area contributed by atoms with Gasteiger partial charge in [0, 0.05) is 54.6 Å². The molecule has 2 aliphatic heterocycles. The van der Waals surface area contributed by atoms with E-state index in [0.717, 1.165) is 16.3 Å². The number of esters is 1. The molecule has 6 rings (SSSR count). The van der Waals surface area contributed by atoms with Gasteiger partial charge in [-0.3, -0.25) is 9.79 Å². The Morgan fingerprint density at radius 2 is 2.12 bits per heavy atom. The average molecular weight is 607 g/mol. The van der Waals surface area contributed by atoms with Gasteiger partial charge in [0.1, 0.15) is 41.3 Å². The Kier molecular flexibility index (Phi) is 8.40. The molecule has 224 valence electrons. The third-order valence-corrected chi connectivity index (χ3v) is 9.10. The number of aliphatic imine (C=N–C) groups is 1. The lowest BCUT2D eigenvalue weighted by atomic mass is 9.65. The van der Waals surface area contributed by atoms with Crippen LogP contribution in [0, 0.1) is 29.5 Å². The minimum absolute atomic E-state index is 0.0221. The topological polar surface area (TPSA) is 108 Å². The van der Waals surface area contributed by atoms with E-state index in [2.05, 4.69) is 14.4 Å². The number of fused-ring (bicyclic) bond motifs is 1. The van der Waals surface area contributed by atoms with Gasteiger partial charge < -0.3 is 19.6 Å². The fourth-order valence-electron chi connectivity index (χ4n) is 5.87. The van der Waals surface area contributed by atoms with Gasteiger partial charge in [0.2, 0.25) is 0 Å². The number of carbonyl (C=O) groups excluding carboxylic acids is 1. The van der Waals surface area contributed by atoms with Crippen LogP contribution in [0.2, 0.25) is 0 Å². The molecule has 1 N–H and O–H groups in total. The van der Waals surface area contributed by atoms with Crippen LogP contribution in [0.5, 0.6) is 0 Å². The maximum absolute atomic E-state index is 14.0. The number of rotatable bonds is 8. The fourth-order valence-corrected chi connectivity index (χ4v) is 6.86. The van der Waals surface area contributed by atoms with Crippen molar-refractivity contribution in [2.75, 3.05) is 31.1 Å². The molecule has 12 heteroatoms. The summed E-state index contributed by atoms with van der Waals surface area (Å²) >= 11 is 1.51. The zero-order chi connectivity index (χ0) is 30.0. The monoisotopic (exact) mass is 606 g/mol. The van der Waals surface area contributed by atoms with Crippen molar-refractivity contribution in [3.8, 4) is 0 Å². The number of anilines is 1. The summed E-state index contributed by atoms with van der Waals surface area (Å²) in [5, 5.41) is 12.2. The maximum atomic E-state index is 14.0. The molecular formula is C31H32F2N6O3S. The van der Waals surface area contributed by atoms with Gasteiger partial charge in [0.25, 0.3) is 0 Å². The molecule has 4 heterocycles. The lowest BCUT2D eigenvalue weighted by Gasteiger charge is -2.45. The molecule has 2 saturated heterocycles. The van der Waals surface area contributed by atoms with E-state index >= 15 is 0 Å². The highest BCUT2D eigenvalue weighted by atomic mass is 32.2. The molecule has 2 fully saturated rings. The highest BCUT2D eigenvalue weighted by Crippen LogP contribution is 2.47. The Morgan fingerprint density at radius 3 is 2.79 bits per heavy atom. The van der Waals surface area contributed by atoms with Crippen molar-refractivity contribution in [2.24, 2.45) is 16.3 Å². The first-order valence-electron chi connectivity index (χ1n) is 14.2. The van der Waals surface area contributed by atoms with E-state index in [9.17, 15) is 13.6 Å². The second-order valence-electron chi connectivity index (χ2n) is 11.1. The SMILES string of the molecule is Cc1cc(COC(=O)C23CC(C=N)C(=Nc4ccc(F)cc4)C=C2CCN(Sc2ccc(N4CCC(F)C4)nc2)C3)no1. The number of piperidine rings is 1. The van der Waals surface area contributed by atoms with Crippen LogP contribution >= 0.6 is 11.9 Å². The normalized spacial score (nSPS) is 25.0. The standard InChI is InChI=1S/C31H32F2N6O3S/c1-20-12-26(37-42-20)18-41-30(40)31-14-21(15-34)28(36-25-4-2-23(32)3-5-25)13-22(31)8-11-39(19-31)43-27-6-7-29(35-16-27)38-10-9-24(33)17-38/h2-7,12-13,15-16,21,24,34H,8-11,14,17-19H2,1H3. The highest BCUT2D eigenvalue weighted by molar-refractivity contribution is 7.97. The Hall–Kier alpha value is -3.90. The molecule has 0 radical (unpaired) electrons. The Bertz CT molecular complexity index is 1540. The van der Waals surface area contributed by atoms with Gasteiger partial charge in [0.05, 0.1) is 12.2 Å². The summed E-state index contributed by atoms with van der Waals surface area (Å²) in [6.45, 7) is 3.80. The number of hydrogen-bond donors (Lipinski definition) is 1. The van der Waals surface area contributed by atoms with E-state index in [4.69, 9.17) is 19.7 Å². The van der Waals surface area contributed by atoms with E-state index in [1.165, 1.54) is 30.3 Å². The lowest BCUT2D eigenvalue weighted by Crippen LogP contribution is -2.51. The predicted molar refractivity (Wildman–Crippen MR) is 160 cm³/mol. The van der Waals surface area contributed by atoms with Gasteiger partial charge in [-0.15, -0.1) is 0 Å². The van der Waals surface area contributed by atoms with Crippen LogP contribution in [-0.2, 0) is 16.1 Å². The van der Waals surface area contributed by atoms with Crippen LogP contribution in [0.15, 0.2) is 74.7 Å². The Morgan fingerprint density at radius 1 is 1.28 bits per heavy atom. The lowest BCUT2D eigenvalue weighted by molar-refractivity contribution is -0.157. The number of aromatic nitrogens is 2. The van der Waals surface area contributed by atoms with Gasteiger partial charge >= 0.3 is 5.97 Å².